The van der Waals surface area contributed by atoms with Crippen molar-refractivity contribution in [2.45, 2.75) is 12.5 Å². The van der Waals surface area contributed by atoms with Gasteiger partial charge in [-0.1, -0.05) is 29.3 Å². The molecule has 1 atom stereocenters. The van der Waals surface area contributed by atoms with Crippen molar-refractivity contribution in [1.82, 2.24) is 5.32 Å². The molecule has 8 heteroatoms. The van der Waals surface area contributed by atoms with Crippen molar-refractivity contribution >= 4 is 52.7 Å². The number of carbonyl (C=O) groups is 2. The van der Waals surface area contributed by atoms with E-state index >= 15 is 0 Å². The van der Waals surface area contributed by atoms with Gasteiger partial charge in [-0.05, 0) is 30.6 Å². The van der Waals surface area contributed by atoms with Crippen molar-refractivity contribution in [1.29, 1.82) is 0 Å². The summed E-state index contributed by atoms with van der Waals surface area (Å²) in [6.45, 7) is 0. The molecule has 0 heterocycles. The SMILES string of the molecule is CSCC[C@@H](NC(=O)Nc1c(Cl)cccc1Cl)C(=O)O. The van der Waals surface area contributed by atoms with Crippen LogP contribution >= 0.6 is 35.0 Å². The number of rotatable bonds is 6. The minimum absolute atomic E-state index is 0.252. The third kappa shape index (κ3) is 5.11. The summed E-state index contributed by atoms with van der Waals surface area (Å²) in [5, 5.41) is 14.4. The highest BCUT2D eigenvalue weighted by Crippen LogP contribution is 2.29. The summed E-state index contributed by atoms with van der Waals surface area (Å²) < 4.78 is 0. The molecule has 0 aliphatic rings. The van der Waals surface area contributed by atoms with Gasteiger partial charge in [0.05, 0.1) is 15.7 Å². The van der Waals surface area contributed by atoms with Crippen molar-refractivity contribution in [2.75, 3.05) is 17.3 Å². The van der Waals surface area contributed by atoms with E-state index in [1.807, 2.05) is 6.26 Å². The Morgan fingerprint density at radius 2 is 1.95 bits per heavy atom. The Morgan fingerprint density at radius 3 is 2.45 bits per heavy atom. The molecule has 0 aliphatic heterocycles. The van der Waals surface area contributed by atoms with Crippen LogP contribution in [0, 0.1) is 0 Å². The van der Waals surface area contributed by atoms with Crippen LogP contribution in [0.1, 0.15) is 6.42 Å². The lowest BCUT2D eigenvalue weighted by Crippen LogP contribution is -2.43. The second-order valence-corrected chi connectivity index (χ2v) is 5.67. The Labute approximate surface area is 131 Å². The molecule has 20 heavy (non-hydrogen) atoms. The van der Waals surface area contributed by atoms with Gasteiger partial charge in [-0.2, -0.15) is 11.8 Å². The van der Waals surface area contributed by atoms with Crippen molar-refractivity contribution in [3.8, 4) is 0 Å². The van der Waals surface area contributed by atoms with E-state index < -0.39 is 18.0 Å². The number of carboxylic acids is 1. The van der Waals surface area contributed by atoms with E-state index in [0.717, 1.165) is 0 Å². The maximum atomic E-state index is 11.8. The molecule has 0 aliphatic carbocycles. The van der Waals surface area contributed by atoms with E-state index in [-0.39, 0.29) is 15.7 Å². The highest BCUT2D eigenvalue weighted by molar-refractivity contribution is 7.98. The molecule has 1 aromatic carbocycles. The number of urea groups is 1. The molecule has 0 spiro atoms. The van der Waals surface area contributed by atoms with E-state index in [4.69, 9.17) is 28.3 Å². The second-order valence-electron chi connectivity index (χ2n) is 3.87. The number of nitrogens with one attached hydrogen (secondary N) is 2. The van der Waals surface area contributed by atoms with Crippen molar-refractivity contribution in [3.63, 3.8) is 0 Å². The first-order valence-electron chi connectivity index (χ1n) is 5.69. The molecule has 5 nitrogen and oxygen atoms in total. The lowest BCUT2D eigenvalue weighted by atomic mass is 10.2. The minimum Gasteiger partial charge on any atom is -0.480 e. The number of aliphatic carboxylic acids is 1. The van der Waals surface area contributed by atoms with Crippen molar-refractivity contribution in [3.05, 3.63) is 28.2 Å². The van der Waals surface area contributed by atoms with Crippen LogP contribution in [-0.2, 0) is 4.79 Å². The first-order chi connectivity index (χ1) is 9.45. The minimum atomic E-state index is -1.08. The monoisotopic (exact) mass is 336 g/mol. The molecule has 0 saturated heterocycles. The highest BCUT2D eigenvalue weighted by atomic mass is 35.5. The number of anilines is 1. The van der Waals surface area contributed by atoms with Crippen LogP contribution in [0.3, 0.4) is 0 Å². The van der Waals surface area contributed by atoms with Gasteiger partial charge in [0.15, 0.2) is 0 Å². The van der Waals surface area contributed by atoms with Crippen LogP contribution < -0.4 is 10.6 Å². The molecular weight excluding hydrogens is 323 g/mol. The first kappa shape index (κ1) is 16.9. The van der Waals surface area contributed by atoms with Crippen molar-refractivity contribution in [2.24, 2.45) is 0 Å². The third-order valence-electron chi connectivity index (χ3n) is 2.42. The van der Waals surface area contributed by atoms with Crippen LogP contribution in [-0.4, -0.2) is 35.2 Å². The van der Waals surface area contributed by atoms with Crippen LogP contribution in [0.4, 0.5) is 10.5 Å². The maximum absolute atomic E-state index is 11.8. The van der Waals surface area contributed by atoms with Gasteiger partial charge >= 0.3 is 12.0 Å². The van der Waals surface area contributed by atoms with Gasteiger partial charge in [0, 0.05) is 0 Å². The zero-order chi connectivity index (χ0) is 15.1. The Balaban J connectivity index is 2.68. The maximum Gasteiger partial charge on any atom is 0.326 e. The number of halogens is 2. The molecule has 1 rings (SSSR count). The molecule has 0 bridgehead atoms. The average Bonchev–Trinajstić information content (AvgIpc) is 2.38. The molecule has 0 fully saturated rings. The molecule has 3 N–H and O–H groups in total. The Kier molecular flexibility index (Phi) is 6.98. The van der Waals surface area contributed by atoms with Crippen molar-refractivity contribution < 1.29 is 14.7 Å². The summed E-state index contributed by atoms with van der Waals surface area (Å²) >= 11 is 13.3. The topological polar surface area (TPSA) is 78.4 Å². The van der Waals surface area contributed by atoms with E-state index in [9.17, 15) is 9.59 Å². The van der Waals surface area contributed by atoms with E-state index in [1.165, 1.54) is 11.8 Å². The summed E-state index contributed by atoms with van der Waals surface area (Å²) in [6, 6.07) is 3.18. The predicted molar refractivity (Wildman–Crippen MR) is 83.0 cm³/mol. The normalized spacial score (nSPS) is 11.8. The number of amides is 2. The van der Waals surface area contributed by atoms with Crippen LogP contribution in [0.25, 0.3) is 0 Å². The molecular formula is C12H14Cl2N2O3S. The summed E-state index contributed by atoms with van der Waals surface area (Å²) in [4.78, 5) is 22.8. The van der Waals surface area contributed by atoms with Crippen LogP contribution in [0.2, 0.25) is 10.0 Å². The Bertz CT molecular complexity index is 479. The fourth-order valence-electron chi connectivity index (χ4n) is 1.42. The zero-order valence-corrected chi connectivity index (χ0v) is 13.0. The van der Waals surface area contributed by atoms with Gasteiger partial charge in [0.25, 0.3) is 0 Å². The number of benzene rings is 1. The van der Waals surface area contributed by atoms with Gasteiger partial charge in [0.2, 0.25) is 0 Å². The average molecular weight is 337 g/mol. The zero-order valence-electron chi connectivity index (χ0n) is 10.7. The van der Waals surface area contributed by atoms with E-state index in [0.29, 0.717) is 12.2 Å². The molecule has 0 saturated carbocycles. The van der Waals surface area contributed by atoms with Crippen LogP contribution in [0.15, 0.2) is 18.2 Å². The van der Waals surface area contributed by atoms with Gasteiger partial charge in [-0.25, -0.2) is 9.59 Å². The fourth-order valence-corrected chi connectivity index (χ4v) is 2.38. The fraction of sp³-hybridized carbons (Fsp3) is 0.333. The van der Waals surface area contributed by atoms with Gasteiger partial charge < -0.3 is 15.7 Å². The lowest BCUT2D eigenvalue weighted by Gasteiger charge is -2.15. The molecule has 0 unspecified atom stereocenters. The molecule has 0 radical (unpaired) electrons. The smallest absolute Gasteiger partial charge is 0.326 e. The quantitative estimate of drug-likeness (QED) is 0.744. The van der Waals surface area contributed by atoms with E-state index in [2.05, 4.69) is 10.6 Å². The number of hydrogen-bond donors (Lipinski definition) is 3. The molecule has 1 aromatic rings. The number of thioether (sulfide) groups is 1. The summed E-state index contributed by atoms with van der Waals surface area (Å²) in [5.74, 6) is -0.455. The standard InChI is InChI=1S/C12H14Cl2N2O3S/c1-20-6-5-9(11(17)18)15-12(19)16-10-7(13)3-2-4-8(10)14/h2-4,9H,5-6H2,1H3,(H,17,18)(H2,15,16,19)/t9-/m1/s1. The number of carboxylic acid groups (broad SMARTS) is 1. The Morgan fingerprint density at radius 1 is 1.35 bits per heavy atom. The lowest BCUT2D eigenvalue weighted by molar-refractivity contribution is -0.139. The summed E-state index contributed by atoms with van der Waals surface area (Å²) in [5.41, 5.74) is 0.252. The number of hydrogen-bond acceptors (Lipinski definition) is 3. The number of para-hydroxylation sites is 1. The summed E-state index contributed by atoms with van der Waals surface area (Å²) in [6.07, 6.45) is 2.20. The largest absolute Gasteiger partial charge is 0.480 e. The molecule has 110 valence electrons. The predicted octanol–water partition coefficient (Wildman–Crippen LogP) is 3.32. The molecule has 0 aromatic heterocycles. The summed E-state index contributed by atoms with van der Waals surface area (Å²) in [7, 11) is 0. The van der Waals surface area contributed by atoms with Crippen LogP contribution in [0.5, 0.6) is 0 Å². The highest BCUT2D eigenvalue weighted by Gasteiger charge is 2.20. The van der Waals surface area contributed by atoms with Gasteiger partial charge in [0.1, 0.15) is 6.04 Å². The Hall–Kier alpha value is -1.11. The number of carbonyl (C=O) groups excluding carboxylic acids is 1. The van der Waals surface area contributed by atoms with Gasteiger partial charge in [-0.3, -0.25) is 0 Å². The second kappa shape index (κ2) is 8.24. The van der Waals surface area contributed by atoms with Gasteiger partial charge in [-0.15, -0.1) is 0 Å². The first-order valence-corrected chi connectivity index (χ1v) is 7.84. The molecule has 2 amide bonds. The third-order valence-corrected chi connectivity index (χ3v) is 3.69. The van der Waals surface area contributed by atoms with E-state index in [1.54, 1.807) is 18.2 Å².